The molecule has 56 heavy (non-hydrogen) atoms. The number of hydrogen-bond acceptors (Lipinski definition) is 10. The van der Waals surface area contributed by atoms with Crippen LogP contribution in [0, 0.1) is 11.8 Å². The number of ether oxygens (including phenoxy) is 4. The van der Waals surface area contributed by atoms with Crippen LogP contribution in [0.5, 0.6) is 23.0 Å². The third-order valence-corrected chi connectivity index (χ3v) is 12.0. The number of benzene rings is 2. The number of hydrogen-bond donors (Lipinski definition) is 1. The summed E-state index contributed by atoms with van der Waals surface area (Å²) in [5.74, 6) is -0.316. The van der Waals surface area contributed by atoms with Gasteiger partial charge in [-0.2, -0.15) is 0 Å². The molecule has 292 valence electrons. The van der Waals surface area contributed by atoms with Crippen LogP contribution in [0.4, 0.5) is 0 Å². The van der Waals surface area contributed by atoms with Crippen LogP contribution in [0.2, 0.25) is 5.02 Å². The molecule has 1 fully saturated rings. The van der Waals surface area contributed by atoms with Crippen LogP contribution < -0.4 is 29.8 Å². The van der Waals surface area contributed by atoms with Crippen LogP contribution in [0.3, 0.4) is 0 Å². The molecular formula is C42H42ClN3O10. The van der Waals surface area contributed by atoms with Crippen molar-refractivity contribution in [2.45, 2.75) is 57.1 Å². The van der Waals surface area contributed by atoms with Crippen molar-refractivity contribution in [2.75, 3.05) is 41.0 Å². The third-order valence-electron chi connectivity index (χ3n) is 11.7. The first-order valence-electron chi connectivity index (χ1n) is 18.7. The van der Waals surface area contributed by atoms with Crippen LogP contribution >= 0.6 is 11.6 Å². The minimum atomic E-state index is -1.99. The predicted octanol–water partition coefficient (Wildman–Crippen LogP) is 5.26. The number of carbonyl (C=O) groups excluding carboxylic acids is 4. The molecule has 2 bridgehead atoms. The number of piperidine rings is 1. The van der Waals surface area contributed by atoms with E-state index >= 15 is 0 Å². The first-order valence-corrected chi connectivity index (χ1v) is 19.1. The minimum absolute atomic E-state index is 0.00251. The van der Waals surface area contributed by atoms with Crippen LogP contribution in [-0.4, -0.2) is 79.4 Å². The number of nitrogens with one attached hydrogen (secondary N) is 1. The minimum Gasteiger partial charge on any atom is -0.497 e. The Labute approximate surface area is 327 Å². The van der Waals surface area contributed by atoms with E-state index in [1.54, 1.807) is 50.4 Å². The number of amides is 2. The number of nitrogens with zero attached hydrogens (tertiary/aromatic N) is 2. The van der Waals surface area contributed by atoms with Crippen molar-refractivity contribution >= 4 is 35.0 Å². The zero-order valence-corrected chi connectivity index (χ0v) is 32.3. The fraction of sp³-hybridized carbons (Fsp3) is 0.405. The largest absolute Gasteiger partial charge is 0.497 e. The number of fused-ring (bicyclic) bond motifs is 6. The molecule has 1 saturated heterocycles. The predicted molar refractivity (Wildman–Crippen MR) is 204 cm³/mol. The number of furan rings is 1. The molecular weight excluding hydrogens is 742 g/mol. The number of likely N-dealkylation sites (tertiary alicyclic amines) is 1. The molecule has 13 nitrogen and oxygen atoms in total. The first kappa shape index (κ1) is 37.4. The van der Waals surface area contributed by atoms with Gasteiger partial charge in [0.25, 0.3) is 5.56 Å². The summed E-state index contributed by atoms with van der Waals surface area (Å²) in [4.78, 5) is 70.5. The Bertz CT molecular complexity index is 2330. The smallest absolute Gasteiger partial charge is 0.250 e. The van der Waals surface area contributed by atoms with E-state index in [1.807, 2.05) is 15.5 Å². The maximum atomic E-state index is 14.9. The van der Waals surface area contributed by atoms with Gasteiger partial charge in [0.15, 0.2) is 5.75 Å². The maximum Gasteiger partial charge on any atom is 0.250 e. The van der Waals surface area contributed by atoms with Gasteiger partial charge in [-0.15, -0.1) is 0 Å². The van der Waals surface area contributed by atoms with Gasteiger partial charge in [-0.3, -0.25) is 24.0 Å². The maximum absolute atomic E-state index is 14.9. The zero-order chi connectivity index (χ0) is 39.5. The highest BCUT2D eigenvalue weighted by atomic mass is 35.5. The van der Waals surface area contributed by atoms with Crippen molar-refractivity contribution < 1.29 is 42.5 Å². The molecule has 4 atom stereocenters. The number of carbonyl (C=O) groups is 4. The molecule has 0 radical (unpaired) electrons. The van der Waals surface area contributed by atoms with Crippen molar-refractivity contribution in [3.05, 3.63) is 92.1 Å². The molecule has 1 spiro atoms. The Morgan fingerprint density at radius 2 is 1.70 bits per heavy atom. The van der Waals surface area contributed by atoms with E-state index in [-0.39, 0.29) is 88.4 Å². The Hall–Kier alpha value is -5.56. The van der Waals surface area contributed by atoms with Gasteiger partial charge in [0.1, 0.15) is 39.4 Å². The number of ketones is 2. The first-order chi connectivity index (χ1) is 27.0. The lowest BCUT2D eigenvalue weighted by atomic mass is 9.70. The van der Waals surface area contributed by atoms with Crippen molar-refractivity contribution in [3.63, 3.8) is 0 Å². The second-order valence-electron chi connectivity index (χ2n) is 15.0. The van der Waals surface area contributed by atoms with Crippen molar-refractivity contribution in [1.29, 1.82) is 0 Å². The van der Waals surface area contributed by atoms with E-state index < -0.39 is 23.1 Å². The summed E-state index contributed by atoms with van der Waals surface area (Å²) in [5, 5.41) is 2.95. The lowest BCUT2D eigenvalue weighted by molar-refractivity contribution is -0.134. The highest BCUT2D eigenvalue weighted by Gasteiger charge is 2.63. The summed E-state index contributed by atoms with van der Waals surface area (Å²) >= 11 is 6.64. The summed E-state index contributed by atoms with van der Waals surface area (Å²) < 4.78 is 30.8. The fourth-order valence-corrected chi connectivity index (χ4v) is 9.19. The normalized spacial score (nSPS) is 21.9. The molecule has 8 rings (SSSR count). The summed E-state index contributed by atoms with van der Waals surface area (Å²) in [5.41, 5.74) is 0.0666. The molecule has 2 aromatic heterocycles. The molecule has 4 aromatic rings. The molecule has 0 saturated carbocycles. The second-order valence-corrected chi connectivity index (χ2v) is 15.3. The van der Waals surface area contributed by atoms with Crippen LogP contribution in [-0.2, 0) is 29.0 Å². The van der Waals surface area contributed by atoms with Gasteiger partial charge in [-0.25, -0.2) is 0 Å². The molecule has 3 aliphatic heterocycles. The van der Waals surface area contributed by atoms with E-state index in [0.717, 1.165) is 12.1 Å². The van der Waals surface area contributed by atoms with Crippen molar-refractivity contribution in [3.8, 4) is 34.3 Å². The Morgan fingerprint density at radius 1 is 0.946 bits per heavy atom. The molecule has 5 heterocycles. The number of rotatable bonds is 10. The van der Waals surface area contributed by atoms with E-state index in [1.165, 1.54) is 20.3 Å². The van der Waals surface area contributed by atoms with Gasteiger partial charge >= 0.3 is 0 Å². The molecule has 1 N–H and O–H groups in total. The highest BCUT2D eigenvalue weighted by molar-refractivity contribution is 6.36. The monoisotopic (exact) mass is 783 g/mol. The third kappa shape index (κ3) is 6.03. The summed E-state index contributed by atoms with van der Waals surface area (Å²) in [7, 11) is 4.37. The summed E-state index contributed by atoms with van der Waals surface area (Å²) in [6, 6.07) is 13.8. The molecule has 2 aromatic carbocycles. The van der Waals surface area contributed by atoms with E-state index in [2.05, 4.69) is 5.32 Å². The quantitative estimate of drug-likeness (QED) is 0.166. The van der Waals surface area contributed by atoms with Crippen LogP contribution in [0.15, 0.2) is 57.7 Å². The van der Waals surface area contributed by atoms with Gasteiger partial charge in [-0.1, -0.05) is 24.6 Å². The number of halogens is 1. The Balaban J connectivity index is 1.01. The molecule has 1 aliphatic carbocycles. The van der Waals surface area contributed by atoms with Gasteiger partial charge in [0.05, 0.1) is 33.3 Å². The number of Topliss-reactive ketones (excluding diaryl/α,β-unsaturated/α-hetero) is 2. The molecule has 0 unspecified atom stereocenters. The van der Waals surface area contributed by atoms with E-state index in [4.69, 9.17) is 35.0 Å². The second kappa shape index (κ2) is 14.5. The SMILES string of the molecule is COc1ccc(-c2oc3c(c2CC(=O)NCCCC(=O)N2C[C@H]4C[C@@H](C2)c2cccc(=O)n2C4)C(=O)[C@@]2(Oc4c(Cl)c(OC)cc(OC)c4C2=O)[C@H](C)C3)cc1. The van der Waals surface area contributed by atoms with Crippen molar-refractivity contribution in [1.82, 2.24) is 14.8 Å². The lowest BCUT2D eigenvalue weighted by Gasteiger charge is -2.42. The number of methoxy groups -OCH3 is 3. The standard InChI is InChI=1S/C42H42ClN3O10/c1-22-15-30-35(40(50)42(22)41(51)36-29(53-3)18-31(54-4)37(43)39(36)56-42)27(38(55-30)24-10-12-26(52-2)13-11-24)17-32(47)44-14-6-9-33(48)45-19-23-16-25(21-45)28-7-5-8-34(49)46(28)20-23/h5,7-8,10-13,18,22-23,25H,6,9,14-17,19-21H2,1-4H3,(H,44,47)/t22-,23-,25+,42+/m1/s1. The summed E-state index contributed by atoms with van der Waals surface area (Å²) in [6.45, 7) is 3.73. The van der Waals surface area contributed by atoms with Gasteiger partial charge in [0, 0.05) is 79.8 Å². The topological polar surface area (TPSA) is 156 Å². The van der Waals surface area contributed by atoms with Gasteiger partial charge in [-0.05, 0) is 49.1 Å². The van der Waals surface area contributed by atoms with Gasteiger partial charge < -0.3 is 38.1 Å². The van der Waals surface area contributed by atoms with Crippen molar-refractivity contribution in [2.24, 2.45) is 11.8 Å². The highest BCUT2D eigenvalue weighted by Crippen LogP contribution is 2.54. The van der Waals surface area contributed by atoms with Crippen LogP contribution in [0.1, 0.15) is 69.8 Å². The van der Waals surface area contributed by atoms with E-state index in [9.17, 15) is 24.0 Å². The zero-order valence-electron chi connectivity index (χ0n) is 31.6. The molecule has 4 aliphatic rings. The number of aromatic nitrogens is 1. The number of pyridine rings is 1. The average molecular weight is 784 g/mol. The van der Waals surface area contributed by atoms with E-state index in [0.29, 0.717) is 54.5 Å². The average Bonchev–Trinajstić information content (AvgIpc) is 3.71. The summed E-state index contributed by atoms with van der Waals surface area (Å²) in [6.07, 6.45) is 1.53. The van der Waals surface area contributed by atoms with Gasteiger partial charge in [0.2, 0.25) is 29.0 Å². The molecule has 14 heteroatoms. The Kier molecular flexibility index (Phi) is 9.68. The van der Waals surface area contributed by atoms with Crippen LogP contribution in [0.25, 0.3) is 11.3 Å². The Morgan fingerprint density at radius 3 is 2.43 bits per heavy atom. The fourth-order valence-electron chi connectivity index (χ4n) is 8.92. The molecule has 2 amide bonds. The lowest BCUT2D eigenvalue weighted by Crippen LogP contribution is -2.56.